The van der Waals surface area contributed by atoms with E-state index in [1.807, 2.05) is 0 Å². The van der Waals surface area contributed by atoms with Gasteiger partial charge in [0.05, 0.1) is 31.0 Å². The number of urea groups is 1. The summed E-state index contributed by atoms with van der Waals surface area (Å²) in [6, 6.07) is 11.5. The molecule has 1 atom stereocenters. The Labute approximate surface area is 145 Å². The first-order chi connectivity index (χ1) is 11.5. The Kier molecular flexibility index (Phi) is 6.28. The number of carbonyl (C=O) groups is 1. The number of carbonyl (C=O) groups excluding carboxylic acids is 1. The minimum atomic E-state index is -0.887. The van der Waals surface area contributed by atoms with Crippen molar-refractivity contribution >= 4 is 23.3 Å². The molecule has 0 saturated heterocycles. The van der Waals surface area contributed by atoms with Crippen molar-refractivity contribution in [3.05, 3.63) is 53.1 Å². The summed E-state index contributed by atoms with van der Waals surface area (Å²) in [5.41, 5.74) is 1.10. The monoisotopic (exact) mass is 350 g/mol. The van der Waals surface area contributed by atoms with E-state index in [-0.39, 0.29) is 6.54 Å². The number of hydrogen-bond acceptors (Lipinski definition) is 4. The van der Waals surface area contributed by atoms with Gasteiger partial charge in [0, 0.05) is 6.54 Å². The van der Waals surface area contributed by atoms with E-state index >= 15 is 0 Å². The van der Waals surface area contributed by atoms with Gasteiger partial charge in [0.1, 0.15) is 0 Å². The van der Waals surface area contributed by atoms with Gasteiger partial charge in [-0.05, 0) is 29.8 Å². The Morgan fingerprint density at radius 3 is 2.54 bits per heavy atom. The lowest BCUT2D eigenvalue weighted by Gasteiger charge is -2.15. The summed E-state index contributed by atoms with van der Waals surface area (Å²) >= 11 is 5.97. The van der Waals surface area contributed by atoms with Gasteiger partial charge >= 0.3 is 6.03 Å². The first kappa shape index (κ1) is 17.9. The summed E-state index contributed by atoms with van der Waals surface area (Å²) in [6.45, 7) is 0.0335. The van der Waals surface area contributed by atoms with Crippen molar-refractivity contribution in [2.24, 2.45) is 0 Å². The number of rotatable bonds is 6. The Hall–Kier alpha value is -2.44. The molecule has 0 bridgehead atoms. The van der Waals surface area contributed by atoms with E-state index in [0.29, 0.717) is 27.8 Å². The number of para-hydroxylation sites is 1. The molecule has 0 spiro atoms. The maximum Gasteiger partial charge on any atom is 0.319 e. The zero-order valence-electron chi connectivity index (χ0n) is 13.4. The molecule has 0 radical (unpaired) electrons. The highest BCUT2D eigenvalue weighted by Crippen LogP contribution is 2.29. The molecule has 0 fully saturated rings. The predicted molar refractivity (Wildman–Crippen MR) is 93.0 cm³/mol. The van der Waals surface area contributed by atoms with Crippen LogP contribution in [0.2, 0.25) is 5.02 Å². The summed E-state index contributed by atoms with van der Waals surface area (Å²) in [7, 11) is 3.05. The predicted octanol–water partition coefficient (Wildman–Crippen LogP) is 3.21. The largest absolute Gasteiger partial charge is 0.493 e. The normalized spacial score (nSPS) is 11.5. The van der Waals surface area contributed by atoms with Crippen LogP contribution in [0.3, 0.4) is 0 Å². The quantitative estimate of drug-likeness (QED) is 0.747. The van der Waals surface area contributed by atoms with E-state index < -0.39 is 12.1 Å². The molecule has 0 aliphatic heterocycles. The third kappa shape index (κ3) is 4.53. The van der Waals surface area contributed by atoms with Gasteiger partial charge in [-0.3, -0.25) is 0 Å². The van der Waals surface area contributed by atoms with Crippen LogP contribution in [0.4, 0.5) is 10.5 Å². The smallest absolute Gasteiger partial charge is 0.319 e. The average Bonchev–Trinajstić information content (AvgIpc) is 2.61. The number of anilines is 1. The molecule has 2 rings (SSSR count). The van der Waals surface area contributed by atoms with E-state index in [9.17, 15) is 9.90 Å². The van der Waals surface area contributed by atoms with Crippen molar-refractivity contribution in [2.45, 2.75) is 6.10 Å². The molecule has 2 aromatic rings. The van der Waals surface area contributed by atoms with Crippen LogP contribution in [0.1, 0.15) is 11.7 Å². The van der Waals surface area contributed by atoms with Crippen LogP contribution in [-0.4, -0.2) is 31.9 Å². The van der Waals surface area contributed by atoms with Crippen molar-refractivity contribution in [3.63, 3.8) is 0 Å². The zero-order valence-corrected chi connectivity index (χ0v) is 14.1. The summed E-state index contributed by atoms with van der Waals surface area (Å²) < 4.78 is 10.3. The lowest BCUT2D eigenvalue weighted by Crippen LogP contribution is -2.32. The Morgan fingerprint density at radius 2 is 1.88 bits per heavy atom. The van der Waals surface area contributed by atoms with Crippen LogP contribution in [-0.2, 0) is 0 Å². The summed E-state index contributed by atoms with van der Waals surface area (Å²) in [6.07, 6.45) is -0.887. The van der Waals surface area contributed by atoms with Crippen molar-refractivity contribution < 1.29 is 19.4 Å². The lowest BCUT2D eigenvalue weighted by atomic mass is 10.1. The number of ether oxygens (including phenoxy) is 2. The van der Waals surface area contributed by atoms with Crippen LogP contribution in [0.15, 0.2) is 42.5 Å². The highest BCUT2D eigenvalue weighted by atomic mass is 35.5. The zero-order chi connectivity index (χ0) is 17.5. The fourth-order valence-electron chi connectivity index (χ4n) is 2.10. The van der Waals surface area contributed by atoms with Crippen LogP contribution in [0.5, 0.6) is 11.5 Å². The number of hydrogen-bond donors (Lipinski definition) is 3. The number of aliphatic hydroxyl groups is 1. The molecular weight excluding hydrogens is 332 g/mol. The molecule has 128 valence electrons. The second-order valence-corrected chi connectivity index (χ2v) is 5.35. The van der Waals surface area contributed by atoms with Crippen molar-refractivity contribution in [1.82, 2.24) is 5.32 Å². The minimum absolute atomic E-state index is 0.0335. The van der Waals surface area contributed by atoms with Gasteiger partial charge in [-0.2, -0.15) is 0 Å². The Bertz CT molecular complexity index is 709. The second-order valence-electron chi connectivity index (χ2n) is 4.95. The molecular formula is C17H19ClN2O4. The van der Waals surface area contributed by atoms with Gasteiger partial charge in [0.15, 0.2) is 11.5 Å². The summed E-state index contributed by atoms with van der Waals surface area (Å²) in [4.78, 5) is 11.9. The maximum absolute atomic E-state index is 11.9. The molecule has 7 heteroatoms. The van der Waals surface area contributed by atoms with Crippen molar-refractivity contribution in [3.8, 4) is 11.5 Å². The second kappa shape index (κ2) is 8.42. The molecule has 24 heavy (non-hydrogen) atoms. The molecule has 3 N–H and O–H groups in total. The average molecular weight is 351 g/mol. The van der Waals surface area contributed by atoms with Crippen molar-refractivity contribution in [2.75, 3.05) is 26.1 Å². The number of halogens is 1. The molecule has 0 heterocycles. The summed E-state index contributed by atoms with van der Waals surface area (Å²) in [5, 5.41) is 15.9. The number of benzene rings is 2. The Morgan fingerprint density at radius 1 is 1.17 bits per heavy atom. The lowest BCUT2D eigenvalue weighted by molar-refractivity contribution is 0.174. The highest BCUT2D eigenvalue weighted by Gasteiger charge is 2.13. The third-order valence-electron chi connectivity index (χ3n) is 3.37. The molecule has 6 nitrogen and oxygen atoms in total. The maximum atomic E-state index is 11.9. The van der Waals surface area contributed by atoms with Gasteiger partial charge in [0.2, 0.25) is 0 Å². The summed E-state index contributed by atoms with van der Waals surface area (Å²) in [5.74, 6) is 1.08. The first-order valence-electron chi connectivity index (χ1n) is 7.24. The van der Waals surface area contributed by atoms with E-state index in [0.717, 1.165) is 0 Å². The van der Waals surface area contributed by atoms with E-state index in [1.165, 1.54) is 14.2 Å². The first-order valence-corrected chi connectivity index (χ1v) is 7.62. The molecule has 0 saturated carbocycles. The standard InChI is InChI=1S/C17H19ClN2O4/c1-23-15-8-7-11(9-16(15)24-2)14(21)10-19-17(22)20-13-6-4-3-5-12(13)18/h3-9,14,21H,10H2,1-2H3,(H2,19,20,22). The van der Waals surface area contributed by atoms with Crippen LogP contribution in [0.25, 0.3) is 0 Å². The fraction of sp³-hybridized carbons (Fsp3) is 0.235. The van der Waals surface area contributed by atoms with Gasteiger partial charge < -0.3 is 25.2 Å². The molecule has 2 aromatic carbocycles. The van der Waals surface area contributed by atoms with E-state index in [1.54, 1.807) is 42.5 Å². The minimum Gasteiger partial charge on any atom is -0.493 e. The van der Waals surface area contributed by atoms with Gasteiger partial charge in [-0.1, -0.05) is 29.8 Å². The third-order valence-corrected chi connectivity index (χ3v) is 3.70. The van der Waals surface area contributed by atoms with E-state index in [2.05, 4.69) is 10.6 Å². The number of methoxy groups -OCH3 is 2. The van der Waals surface area contributed by atoms with Crippen LogP contribution in [0, 0.1) is 0 Å². The van der Waals surface area contributed by atoms with Crippen LogP contribution < -0.4 is 20.1 Å². The molecule has 1 unspecified atom stereocenters. The van der Waals surface area contributed by atoms with Gasteiger partial charge in [0.25, 0.3) is 0 Å². The molecule has 0 aliphatic rings. The number of nitrogens with one attached hydrogen (secondary N) is 2. The SMILES string of the molecule is COc1ccc(C(O)CNC(=O)Nc2ccccc2Cl)cc1OC. The molecule has 0 aliphatic carbocycles. The topological polar surface area (TPSA) is 79.8 Å². The van der Waals surface area contributed by atoms with Crippen molar-refractivity contribution in [1.29, 1.82) is 0 Å². The number of aliphatic hydroxyl groups excluding tert-OH is 1. The Balaban J connectivity index is 1.94. The number of amides is 2. The van der Waals surface area contributed by atoms with Gasteiger partial charge in [-0.15, -0.1) is 0 Å². The molecule has 2 amide bonds. The molecule has 0 aromatic heterocycles. The van der Waals surface area contributed by atoms with Crippen LogP contribution >= 0.6 is 11.6 Å². The highest BCUT2D eigenvalue weighted by molar-refractivity contribution is 6.33. The fourth-order valence-corrected chi connectivity index (χ4v) is 2.28. The van der Waals surface area contributed by atoms with Gasteiger partial charge in [-0.25, -0.2) is 4.79 Å². The van der Waals surface area contributed by atoms with E-state index in [4.69, 9.17) is 21.1 Å².